The molecular weight excluding hydrogens is 364 g/mol. The topological polar surface area (TPSA) is 75.7 Å². The number of benzene rings is 1. The van der Waals surface area contributed by atoms with Gasteiger partial charge < -0.3 is 9.64 Å². The van der Waals surface area contributed by atoms with E-state index < -0.39 is 10.0 Å². The molecule has 0 aromatic heterocycles. The largest absolute Gasteiger partial charge is 0.381 e. The van der Waals surface area contributed by atoms with Gasteiger partial charge in [-0.3, -0.25) is 4.79 Å². The third kappa shape index (κ3) is 6.30. The van der Waals surface area contributed by atoms with E-state index in [0.717, 1.165) is 44.3 Å². The fourth-order valence-corrected chi connectivity index (χ4v) is 4.37. The van der Waals surface area contributed by atoms with Crippen molar-refractivity contribution in [3.8, 4) is 0 Å². The highest BCUT2D eigenvalue weighted by Crippen LogP contribution is 2.24. The Morgan fingerprint density at radius 1 is 1.15 bits per heavy atom. The van der Waals surface area contributed by atoms with Crippen LogP contribution in [0.5, 0.6) is 0 Å². The minimum atomic E-state index is -3.12. The van der Waals surface area contributed by atoms with Gasteiger partial charge in [0.15, 0.2) is 0 Å². The Bertz CT molecular complexity index is 719. The average Bonchev–Trinajstić information content (AvgIpc) is 3.17. The molecule has 1 aromatic carbocycles. The number of nitrogens with zero attached hydrogens (tertiary/aromatic N) is 1. The number of amides is 1. The fraction of sp³-hybridized carbons (Fsp3) is 0.650. The number of hydrogen-bond acceptors (Lipinski definition) is 4. The Hall–Kier alpha value is -1.44. The lowest BCUT2D eigenvalue weighted by Crippen LogP contribution is -2.42. The molecule has 2 aliphatic heterocycles. The van der Waals surface area contributed by atoms with Crippen LogP contribution in [-0.4, -0.2) is 58.3 Å². The minimum Gasteiger partial charge on any atom is -0.381 e. The van der Waals surface area contributed by atoms with Gasteiger partial charge in [0.2, 0.25) is 15.9 Å². The van der Waals surface area contributed by atoms with Crippen molar-refractivity contribution >= 4 is 15.9 Å². The number of sulfonamides is 1. The van der Waals surface area contributed by atoms with Crippen LogP contribution in [0.25, 0.3) is 0 Å². The van der Waals surface area contributed by atoms with Crippen molar-refractivity contribution < 1.29 is 17.9 Å². The zero-order valence-electron chi connectivity index (χ0n) is 16.0. The van der Waals surface area contributed by atoms with E-state index >= 15 is 0 Å². The van der Waals surface area contributed by atoms with Crippen LogP contribution in [0.4, 0.5) is 0 Å². The molecule has 0 spiro atoms. The Morgan fingerprint density at radius 2 is 1.81 bits per heavy atom. The molecule has 0 aliphatic carbocycles. The summed E-state index contributed by atoms with van der Waals surface area (Å²) in [6.45, 7) is 3.44. The summed E-state index contributed by atoms with van der Waals surface area (Å²) in [5.74, 6) is 0.968. The summed E-state index contributed by atoms with van der Waals surface area (Å²) in [4.78, 5) is 14.5. The number of likely N-dealkylation sites (tertiary alicyclic amines) is 1. The van der Waals surface area contributed by atoms with E-state index in [0.29, 0.717) is 32.1 Å². The van der Waals surface area contributed by atoms with Gasteiger partial charge in [0.05, 0.1) is 18.8 Å². The SMILES string of the molecule is CS(=O)(=O)NCCc1ccc(CC2CCN(C(=O)C3CCOC3)CC2)cc1. The lowest BCUT2D eigenvalue weighted by atomic mass is 9.89. The third-order valence-corrected chi connectivity index (χ3v) is 6.26. The van der Waals surface area contributed by atoms with Crippen LogP contribution in [0.3, 0.4) is 0 Å². The first-order valence-electron chi connectivity index (χ1n) is 9.80. The van der Waals surface area contributed by atoms with Crippen LogP contribution >= 0.6 is 0 Å². The Kier molecular flexibility index (Phi) is 6.89. The third-order valence-electron chi connectivity index (χ3n) is 5.53. The van der Waals surface area contributed by atoms with Crippen molar-refractivity contribution in [1.29, 1.82) is 0 Å². The molecule has 2 saturated heterocycles. The molecule has 0 radical (unpaired) electrons. The van der Waals surface area contributed by atoms with Crippen LogP contribution in [0.15, 0.2) is 24.3 Å². The van der Waals surface area contributed by atoms with Gasteiger partial charge in [-0.2, -0.15) is 0 Å². The summed E-state index contributed by atoms with van der Waals surface area (Å²) in [7, 11) is -3.12. The molecule has 2 aliphatic rings. The number of ether oxygens (including phenoxy) is 1. The predicted octanol–water partition coefficient (Wildman–Crippen LogP) is 1.60. The zero-order chi connectivity index (χ0) is 19.3. The van der Waals surface area contributed by atoms with Crippen molar-refractivity contribution in [1.82, 2.24) is 9.62 Å². The highest BCUT2D eigenvalue weighted by Gasteiger charge is 2.30. The molecule has 6 nitrogen and oxygen atoms in total. The smallest absolute Gasteiger partial charge is 0.228 e. The highest BCUT2D eigenvalue weighted by molar-refractivity contribution is 7.88. The van der Waals surface area contributed by atoms with Gasteiger partial charge in [-0.05, 0) is 49.1 Å². The minimum absolute atomic E-state index is 0.0753. The molecule has 150 valence electrons. The molecular formula is C20H30N2O4S. The van der Waals surface area contributed by atoms with Crippen LogP contribution in [0.1, 0.15) is 30.4 Å². The summed E-state index contributed by atoms with van der Waals surface area (Å²) in [5.41, 5.74) is 2.44. The monoisotopic (exact) mass is 394 g/mol. The lowest BCUT2D eigenvalue weighted by molar-refractivity contribution is -0.136. The van der Waals surface area contributed by atoms with Crippen LogP contribution in [0, 0.1) is 11.8 Å². The maximum absolute atomic E-state index is 12.5. The number of rotatable bonds is 7. The second kappa shape index (κ2) is 9.17. The molecule has 1 atom stereocenters. The Labute approximate surface area is 162 Å². The van der Waals surface area contributed by atoms with Gasteiger partial charge >= 0.3 is 0 Å². The number of nitrogens with one attached hydrogen (secondary N) is 1. The van der Waals surface area contributed by atoms with Crippen molar-refractivity contribution in [2.24, 2.45) is 11.8 Å². The summed E-state index contributed by atoms with van der Waals surface area (Å²) in [5, 5.41) is 0. The molecule has 1 aromatic rings. The quantitative estimate of drug-likeness (QED) is 0.762. The van der Waals surface area contributed by atoms with Crippen LogP contribution < -0.4 is 4.72 Å². The van der Waals surface area contributed by atoms with Crippen molar-refractivity contribution in [2.75, 3.05) is 39.1 Å². The molecule has 3 rings (SSSR count). The lowest BCUT2D eigenvalue weighted by Gasteiger charge is -2.33. The van der Waals surface area contributed by atoms with Gasteiger partial charge in [0.1, 0.15) is 0 Å². The summed E-state index contributed by atoms with van der Waals surface area (Å²) in [6, 6.07) is 8.45. The summed E-state index contributed by atoms with van der Waals surface area (Å²) in [6.07, 6.45) is 5.88. The number of carbonyl (C=O) groups is 1. The van der Waals surface area contributed by atoms with E-state index in [4.69, 9.17) is 4.74 Å². The normalized spacial score (nSPS) is 21.5. The average molecular weight is 395 g/mol. The molecule has 1 N–H and O–H groups in total. The first kappa shape index (κ1) is 20.3. The van der Waals surface area contributed by atoms with Crippen molar-refractivity contribution in [3.63, 3.8) is 0 Å². The number of carbonyl (C=O) groups excluding carboxylic acids is 1. The van der Waals surface area contributed by atoms with Gasteiger partial charge in [-0.25, -0.2) is 13.1 Å². The molecule has 0 bridgehead atoms. The number of hydrogen-bond donors (Lipinski definition) is 1. The highest BCUT2D eigenvalue weighted by atomic mass is 32.2. The molecule has 7 heteroatoms. The second-order valence-electron chi connectivity index (χ2n) is 7.77. The zero-order valence-corrected chi connectivity index (χ0v) is 16.8. The van der Waals surface area contributed by atoms with Crippen molar-refractivity contribution in [3.05, 3.63) is 35.4 Å². The van der Waals surface area contributed by atoms with Gasteiger partial charge in [-0.15, -0.1) is 0 Å². The molecule has 2 fully saturated rings. The van der Waals surface area contributed by atoms with Crippen molar-refractivity contribution in [2.45, 2.75) is 32.1 Å². The molecule has 1 unspecified atom stereocenters. The van der Waals surface area contributed by atoms with E-state index in [1.807, 2.05) is 4.90 Å². The number of piperidine rings is 1. The van der Waals surface area contributed by atoms with E-state index in [1.54, 1.807) is 0 Å². The van der Waals surface area contributed by atoms with Crippen LogP contribution in [0.2, 0.25) is 0 Å². The summed E-state index contributed by atoms with van der Waals surface area (Å²) >= 11 is 0. The van der Waals surface area contributed by atoms with Gasteiger partial charge in [-0.1, -0.05) is 24.3 Å². The molecule has 1 amide bonds. The maximum atomic E-state index is 12.5. The molecule has 0 saturated carbocycles. The van der Waals surface area contributed by atoms with Gasteiger partial charge in [0, 0.05) is 26.2 Å². The standard InChI is InChI=1S/C20H30N2O4S/c1-27(24,25)21-10-6-16-2-4-17(5-3-16)14-18-7-11-22(12-8-18)20(23)19-9-13-26-15-19/h2-5,18-19,21H,6-15H2,1H3. The summed E-state index contributed by atoms with van der Waals surface area (Å²) < 4.78 is 30.0. The maximum Gasteiger partial charge on any atom is 0.228 e. The van der Waals surface area contributed by atoms with Gasteiger partial charge in [0.25, 0.3) is 0 Å². The predicted molar refractivity (Wildman–Crippen MR) is 105 cm³/mol. The van der Waals surface area contributed by atoms with E-state index in [2.05, 4.69) is 29.0 Å². The second-order valence-corrected chi connectivity index (χ2v) is 9.60. The molecule has 2 heterocycles. The molecule has 27 heavy (non-hydrogen) atoms. The first-order valence-corrected chi connectivity index (χ1v) is 11.7. The first-order chi connectivity index (χ1) is 12.9. The fourth-order valence-electron chi connectivity index (χ4n) is 3.90. The van der Waals surface area contributed by atoms with E-state index in [-0.39, 0.29) is 11.8 Å². The van der Waals surface area contributed by atoms with E-state index in [9.17, 15) is 13.2 Å². The van der Waals surface area contributed by atoms with E-state index in [1.165, 1.54) is 11.8 Å². The van der Waals surface area contributed by atoms with Crippen LogP contribution in [-0.2, 0) is 32.4 Å². The Balaban J connectivity index is 1.41. The Morgan fingerprint density at radius 3 is 2.41 bits per heavy atom.